The average Bonchev–Trinajstić information content (AvgIpc) is 3.57. The molecule has 1 aliphatic rings. The molecule has 0 nitrogen and oxygen atoms in total. The van der Waals surface area contributed by atoms with Crippen LogP contribution in [0.4, 0.5) is 13.2 Å². The monoisotopic (exact) mass is 460 g/mol. The predicted octanol–water partition coefficient (Wildman–Crippen LogP) is 8.83. The third kappa shape index (κ3) is 4.45. The fourth-order valence-corrected chi connectivity index (χ4v) is 5.84. The summed E-state index contributed by atoms with van der Waals surface area (Å²) in [4.78, 5) is 1.08. The Kier molecular flexibility index (Phi) is 5.79. The largest absolute Gasteiger partial charge is 0.417 e. The summed E-state index contributed by atoms with van der Waals surface area (Å²) >= 11 is 1.18. The van der Waals surface area contributed by atoms with Crippen LogP contribution in [-0.2, 0) is 6.18 Å². The highest BCUT2D eigenvalue weighted by Crippen LogP contribution is 2.66. The maximum atomic E-state index is 13.4. The van der Waals surface area contributed by atoms with Gasteiger partial charge in [-0.05, 0) is 65.1 Å². The Morgan fingerprint density at radius 3 is 1.64 bits per heavy atom. The van der Waals surface area contributed by atoms with Crippen molar-refractivity contribution < 1.29 is 13.2 Å². The van der Waals surface area contributed by atoms with E-state index in [2.05, 4.69) is 60.7 Å². The van der Waals surface area contributed by atoms with Gasteiger partial charge in [-0.25, -0.2) is 0 Å². The minimum Gasteiger partial charge on any atom is -0.166 e. The van der Waals surface area contributed by atoms with Crippen molar-refractivity contribution in [3.05, 3.63) is 131 Å². The highest BCUT2D eigenvalue weighted by Gasteiger charge is 2.52. The van der Waals surface area contributed by atoms with Gasteiger partial charge in [0.05, 0.1) is 5.56 Å². The minimum atomic E-state index is -4.36. The Morgan fingerprint density at radius 2 is 1.09 bits per heavy atom. The first-order valence-corrected chi connectivity index (χ1v) is 11.8. The zero-order valence-electron chi connectivity index (χ0n) is 18.1. The summed E-state index contributed by atoms with van der Waals surface area (Å²) in [6.07, 6.45) is -4.36. The topological polar surface area (TPSA) is 0 Å². The lowest BCUT2D eigenvalue weighted by Crippen LogP contribution is -2.06. The number of alkyl halides is 3. The van der Waals surface area contributed by atoms with Crippen molar-refractivity contribution in [2.45, 2.75) is 40.6 Å². The van der Waals surface area contributed by atoms with Crippen molar-refractivity contribution in [2.75, 3.05) is 0 Å². The van der Waals surface area contributed by atoms with E-state index in [1.807, 2.05) is 25.1 Å². The molecule has 166 valence electrons. The standard InChI is InChI=1S/C29H23F3S/c1-19-18-22(16-17-24(19)33-25-15-9-8-14-23(25)29(30,31)32)28-26(20-10-4-2-5-11-20)27(28)21-12-6-3-7-13-21/h2-18,26-28H,1H3. The SMILES string of the molecule is Cc1cc(C2C(c3ccccc3)C2c2ccccc2)ccc1Sc1ccccc1C(F)(F)F. The van der Waals surface area contributed by atoms with Crippen LogP contribution in [0.2, 0.25) is 0 Å². The molecule has 1 saturated carbocycles. The van der Waals surface area contributed by atoms with Gasteiger partial charge in [0.25, 0.3) is 0 Å². The fraction of sp³-hybridized carbons (Fsp3) is 0.172. The lowest BCUT2D eigenvalue weighted by atomic mass is 10.0. The van der Waals surface area contributed by atoms with Gasteiger partial charge in [0.15, 0.2) is 0 Å². The highest BCUT2D eigenvalue weighted by molar-refractivity contribution is 7.99. The number of hydrogen-bond donors (Lipinski definition) is 0. The molecule has 4 aromatic carbocycles. The summed E-state index contributed by atoms with van der Waals surface area (Å²) < 4.78 is 40.3. The van der Waals surface area contributed by atoms with E-state index in [4.69, 9.17) is 0 Å². The predicted molar refractivity (Wildman–Crippen MR) is 128 cm³/mol. The molecule has 0 saturated heterocycles. The normalized spacial score (nSPS) is 19.9. The van der Waals surface area contributed by atoms with Crippen molar-refractivity contribution in [1.29, 1.82) is 0 Å². The number of benzene rings is 4. The van der Waals surface area contributed by atoms with E-state index in [-0.39, 0.29) is 4.90 Å². The van der Waals surface area contributed by atoms with Crippen LogP contribution in [0.25, 0.3) is 0 Å². The molecular weight excluding hydrogens is 437 g/mol. The van der Waals surface area contributed by atoms with Crippen LogP contribution < -0.4 is 0 Å². The first-order valence-electron chi connectivity index (χ1n) is 11.0. The van der Waals surface area contributed by atoms with Crippen molar-refractivity contribution in [2.24, 2.45) is 0 Å². The van der Waals surface area contributed by atoms with Crippen LogP contribution in [0.1, 0.15) is 45.6 Å². The Bertz CT molecular complexity index is 1200. The quantitative estimate of drug-likeness (QED) is 0.287. The lowest BCUT2D eigenvalue weighted by molar-refractivity contribution is -0.139. The van der Waals surface area contributed by atoms with Crippen LogP contribution in [0.3, 0.4) is 0 Å². The summed E-state index contributed by atoms with van der Waals surface area (Å²) in [6.45, 7) is 1.99. The molecule has 33 heavy (non-hydrogen) atoms. The van der Waals surface area contributed by atoms with Gasteiger partial charge >= 0.3 is 6.18 Å². The van der Waals surface area contributed by atoms with Gasteiger partial charge < -0.3 is 0 Å². The van der Waals surface area contributed by atoms with Crippen LogP contribution in [-0.4, -0.2) is 0 Å². The average molecular weight is 461 g/mol. The molecule has 0 heterocycles. The molecule has 4 heteroatoms. The molecule has 2 atom stereocenters. The van der Waals surface area contributed by atoms with E-state index in [0.717, 1.165) is 16.5 Å². The molecule has 0 amide bonds. The molecule has 0 bridgehead atoms. The van der Waals surface area contributed by atoms with E-state index < -0.39 is 11.7 Å². The van der Waals surface area contributed by atoms with Gasteiger partial charge in [0, 0.05) is 9.79 Å². The molecule has 2 unspecified atom stereocenters. The lowest BCUT2D eigenvalue weighted by Gasteiger charge is -2.14. The summed E-state index contributed by atoms with van der Waals surface area (Å²) in [6, 6.07) is 33.1. The zero-order chi connectivity index (χ0) is 23.0. The van der Waals surface area contributed by atoms with Crippen molar-refractivity contribution in [3.8, 4) is 0 Å². The second-order valence-corrected chi connectivity index (χ2v) is 9.60. The number of rotatable bonds is 5. The van der Waals surface area contributed by atoms with Crippen molar-refractivity contribution >= 4 is 11.8 Å². The van der Waals surface area contributed by atoms with Crippen LogP contribution >= 0.6 is 11.8 Å². The van der Waals surface area contributed by atoms with Crippen molar-refractivity contribution in [3.63, 3.8) is 0 Å². The zero-order valence-corrected chi connectivity index (χ0v) is 18.9. The van der Waals surface area contributed by atoms with Crippen LogP contribution in [0, 0.1) is 6.92 Å². The third-order valence-corrected chi connectivity index (χ3v) is 7.64. The summed E-state index contributed by atoms with van der Waals surface area (Å²) in [7, 11) is 0. The molecule has 4 aromatic rings. The van der Waals surface area contributed by atoms with Gasteiger partial charge in [-0.3, -0.25) is 0 Å². The third-order valence-electron chi connectivity index (χ3n) is 6.39. The Balaban J connectivity index is 1.46. The second kappa shape index (κ2) is 8.75. The van der Waals surface area contributed by atoms with Crippen LogP contribution in [0.15, 0.2) is 113 Å². The van der Waals surface area contributed by atoms with Crippen LogP contribution in [0.5, 0.6) is 0 Å². The molecule has 0 spiro atoms. The molecule has 0 N–H and O–H groups in total. The smallest absolute Gasteiger partial charge is 0.166 e. The fourth-order valence-electron chi connectivity index (χ4n) is 4.81. The van der Waals surface area contributed by atoms with E-state index in [1.54, 1.807) is 12.1 Å². The molecule has 1 fully saturated rings. The van der Waals surface area contributed by atoms with E-state index in [1.165, 1.54) is 34.5 Å². The second-order valence-electron chi connectivity index (χ2n) is 8.52. The maximum Gasteiger partial charge on any atom is 0.417 e. The Labute approximate surface area is 196 Å². The van der Waals surface area contributed by atoms with Gasteiger partial charge in [-0.2, -0.15) is 13.2 Å². The van der Waals surface area contributed by atoms with Gasteiger partial charge in [-0.1, -0.05) is 96.7 Å². The Hall–Kier alpha value is -2.98. The molecule has 5 rings (SSSR count). The van der Waals surface area contributed by atoms with E-state index >= 15 is 0 Å². The Morgan fingerprint density at radius 1 is 0.576 bits per heavy atom. The first kappa shape index (κ1) is 21.8. The summed E-state index contributed by atoms with van der Waals surface area (Å²) in [5, 5.41) is 0. The van der Waals surface area contributed by atoms with E-state index in [9.17, 15) is 13.2 Å². The van der Waals surface area contributed by atoms with E-state index in [0.29, 0.717) is 17.8 Å². The summed E-state index contributed by atoms with van der Waals surface area (Å²) in [5.74, 6) is 1.16. The van der Waals surface area contributed by atoms with Gasteiger partial charge in [0.2, 0.25) is 0 Å². The minimum absolute atomic E-state index is 0.233. The first-order chi connectivity index (χ1) is 15.9. The molecule has 0 aromatic heterocycles. The highest BCUT2D eigenvalue weighted by atomic mass is 32.2. The maximum absolute atomic E-state index is 13.4. The van der Waals surface area contributed by atoms with Gasteiger partial charge in [-0.15, -0.1) is 0 Å². The molecule has 0 aliphatic heterocycles. The van der Waals surface area contributed by atoms with Gasteiger partial charge in [0.1, 0.15) is 0 Å². The molecule has 0 radical (unpaired) electrons. The number of hydrogen-bond acceptors (Lipinski definition) is 1. The number of halogens is 3. The number of aryl methyl sites for hydroxylation is 1. The molecule has 1 aliphatic carbocycles. The van der Waals surface area contributed by atoms with Crippen molar-refractivity contribution in [1.82, 2.24) is 0 Å². The summed E-state index contributed by atoms with van der Waals surface area (Å²) in [5.41, 5.74) is 4.30. The molecular formula is C29H23F3S.